The molecule has 0 fully saturated rings. The first-order valence-corrected chi connectivity index (χ1v) is 7.74. The molecule has 108 valence electrons. The Balaban J connectivity index is 1.90. The number of hydrogen-bond donors (Lipinski definition) is 1. The van der Waals surface area contributed by atoms with Gasteiger partial charge in [0.2, 0.25) is 0 Å². The highest BCUT2D eigenvalue weighted by molar-refractivity contribution is 7.99. The molecule has 1 aromatic carbocycles. The number of aryl methyl sites for hydroxylation is 2. The lowest BCUT2D eigenvalue weighted by molar-refractivity contribution is 0.594. The van der Waals surface area contributed by atoms with Gasteiger partial charge in [-0.15, -0.1) is 11.8 Å². The Kier molecular flexibility index (Phi) is 5.20. The van der Waals surface area contributed by atoms with Crippen LogP contribution in [0.3, 0.4) is 0 Å². The van der Waals surface area contributed by atoms with Crippen LogP contribution in [-0.4, -0.2) is 21.6 Å². The molecule has 1 heterocycles. The van der Waals surface area contributed by atoms with E-state index in [0.29, 0.717) is 0 Å². The second kappa shape index (κ2) is 6.90. The number of nitrogens with two attached hydrogens (primary N) is 1. The Bertz CT molecular complexity index is 568. The van der Waals surface area contributed by atoms with E-state index in [2.05, 4.69) is 18.1 Å². The zero-order valence-electron chi connectivity index (χ0n) is 11.8. The summed E-state index contributed by atoms with van der Waals surface area (Å²) in [6.07, 6.45) is 0.789. The fraction of sp³-hybridized carbons (Fsp3) is 0.400. The number of nitrogens with zero attached hydrogens (tertiary/aromatic N) is 2. The SMILES string of the molecule is CCn1nc(C)cc1CC(N)CSc1cccc(F)c1. The van der Waals surface area contributed by atoms with Crippen molar-refractivity contribution in [3.8, 4) is 0 Å². The van der Waals surface area contributed by atoms with Crippen LogP contribution in [0.1, 0.15) is 18.3 Å². The van der Waals surface area contributed by atoms with Gasteiger partial charge in [0.1, 0.15) is 5.82 Å². The molecule has 0 radical (unpaired) electrons. The van der Waals surface area contributed by atoms with Gasteiger partial charge >= 0.3 is 0 Å². The fourth-order valence-electron chi connectivity index (χ4n) is 2.12. The molecule has 1 aromatic heterocycles. The highest BCUT2D eigenvalue weighted by atomic mass is 32.2. The normalized spacial score (nSPS) is 12.6. The first-order chi connectivity index (χ1) is 9.58. The summed E-state index contributed by atoms with van der Waals surface area (Å²) in [4.78, 5) is 0.917. The Morgan fingerprint density at radius 2 is 2.20 bits per heavy atom. The van der Waals surface area contributed by atoms with Gasteiger partial charge in [-0.2, -0.15) is 5.10 Å². The van der Waals surface area contributed by atoms with Crippen LogP contribution in [0.4, 0.5) is 4.39 Å². The van der Waals surface area contributed by atoms with Crippen LogP contribution in [0.25, 0.3) is 0 Å². The summed E-state index contributed by atoms with van der Waals surface area (Å²) in [6.45, 7) is 4.92. The van der Waals surface area contributed by atoms with E-state index in [4.69, 9.17) is 5.73 Å². The number of aromatic nitrogens is 2. The van der Waals surface area contributed by atoms with Crippen LogP contribution in [0.2, 0.25) is 0 Å². The minimum Gasteiger partial charge on any atom is -0.327 e. The molecule has 5 heteroatoms. The maximum absolute atomic E-state index is 13.1. The van der Waals surface area contributed by atoms with Gasteiger partial charge in [0.05, 0.1) is 5.69 Å². The number of hydrogen-bond acceptors (Lipinski definition) is 3. The van der Waals surface area contributed by atoms with E-state index in [0.717, 1.165) is 35.0 Å². The van der Waals surface area contributed by atoms with E-state index in [1.54, 1.807) is 17.8 Å². The second-order valence-corrected chi connectivity index (χ2v) is 5.92. The summed E-state index contributed by atoms with van der Waals surface area (Å²) in [7, 11) is 0. The summed E-state index contributed by atoms with van der Waals surface area (Å²) in [5, 5.41) is 4.42. The molecule has 0 saturated carbocycles. The molecule has 2 aromatic rings. The van der Waals surface area contributed by atoms with Crippen molar-refractivity contribution in [1.82, 2.24) is 9.78 Å². The third-order valence-electron chi connectivity index (χ3n) is 3.02. The minimum absolute atomic E-state index is 0.0321. The molecule has 2 rings (SSSR count). The first-order valence-electron chi connectivity index (χ1n) is 6.75. The monoisotopic (exact) mass is 293 g/mol. The van der Waals surface area contributed by atoms with Crippen LogP contribution in [0, 0.1) is 12.7 Å². The van der Waals surface area contributed by atoms with Crippen molar-refractivity contribution in [2.75, 3.05) is 5.75 Å². The van der Waals surface area contributed by atoms with E-state index in [9.17, 15) is 4.39 Å². The van der Waals surface area contributed by atoms with Crippen molar-refractivity contribution in [2.24, 2.45) is 5.73 Å². The summed E-state index contributed by atoms with van der Waals surface area (Å²) in [5.74, 6) is 0.556. The predicted octanol–water partition coefficient (Wildman–Crippen LogP) is 3.01. The van der Waals surface area contributed by atoms with Crippen molar-refractivity contribution in [3.63, 3.8) is 0 Å². The summed E-state index contributed by atoms with van der Waals surface area (Å²) >= 11 is 1.59. The van der Waals surface area contributed by atoms with E-state index < -0.39 is 0 Å². The van der Waals surface area contributed by atoms with Gasteiger partial charge in [-0.25, -0.2) is 4.39 Å². The predicted molar refractivity (Wildman–Crippen MR) is 81.4 cm³/mol. The van der Waals surface area contributed by atoms with E-state index in [1.165, 1.54) is 12.1 Å². The average Bonchev–Trinajstić information content (AvgIpc) is 2.76. The highest BCUT2D eigenvalue weighted by Crippen LogP contribution is 2.20. The van der Waals surface area contributed by atoms with Gasteiger partial charge in [-0.3, -0.25) is 4.68 Å². The van der Waals surface area contributed by atoms with Crippen molar-refractivity contribution in [3.05, 3.63) is 47.5 Å². The fourth-order valence-corrected chi connectivity index (χ4v) is 3.02. The standard InChI is InChI=1S/C15H20FN3S/c1-3-19-14(7-11(2)18-19)9-13(17)10-20-15-6-4-5-12(16)8-15/h4-8,13H,3,9-10,17H2,1-2H3. The third-order valence-corrected chi connectivity index (χ3v) is 4.20. The summed E-state index contributed by atoms with van der Waals surface area (Å²) in [5.41, 5.74) is 8.35. The molecule has 0 bridgehead atoms. The average molecular weight is 293 g/mol. The Labute approximate surface area is 123 Å². The number of thioether (sulfide) groups is 1. The quantitative estimate of drug-likeness (QED) is 0.833. The van der Waals surface area contributed by atoms with Crippen LogP contribution in [0.15, 0.2) is 35.2 Å². The minimum atomic E-state index is -0.205. The Hall–Kier alpha value is -1.33. The lowest BCUT2D eigenvalue weighted by atomic mass is 10.2. The van der Waals surface area contributed by atoms with Gasteiger partial charge in [0.25, 0.3) is 0 Å². The third kappa shape index (κ3) is 4.08. The smallest absolute Gasteiger partial charge is 0.124 e. The van der Waals surface area contributed by atoms with Crippen molar-refractivity contribution in [2.45, 2.75) is 37.8 Å². The largest absolute Gasteiger partial charge is 0.327 e. The Morgan fingerprint density at radius 3 is 2.90 bits per heavy atom. The van der Waals surface area contributed by atoms with Crippen molar-refractivity contribution in [1.29, 1.82) is 0 Å². The number of halogens is 1. The van der Waals surface area contributed by atoms with Crippen LogP contribution in [0.5, 0.6) is 0 Å². The molecule has 0 aliphatic rings. The van der Waals surface area contributed by atoms with E-state index in [1.807, 2.05) is 17.7 Å². The van der Waals surface area contributed by atoms with Gasteiger partial charge in [0.15, 0.2) is 0 Å². The van der Waals surface area contributed by atoms with Gasteiger partial charge in [-0.05, 0) is 38.1 Å². The molecule has 0 saturated heterocycles. The molecule has 0 aliphatic carbocycles. The van der Waals surface area contributed by atoms with Crippen LogP contribution < -0.4 is 5.73 Å². The molecule has 1 unspecified atom stereocenters. The lowest BCUT2D eigenvalue weighted by Gasteiger charge is -2.12. The van der Waals surface area contributed by atoms with E-state index in [-0.39, 0.29) is 11.9 Å². The molecular formula is C15H20FN3S. The molecule has 3 nitrogen and oxygen atoms in total. The van der Waals surface area contributed by atoms with Gasteiger partial charge in [0, 0.05) is 35.3 Å². The first kappa shape index (κ1) is 15.1. The maximum Gasteiger partial charge on any atom is 0.124 e. The number of rotatable bonds is 6. The molecule has 1 atom stereocenters. The van der Waals surface area contributed by atoms with Gasteiger partial charge in [-0.1, -0.05) is 6.07 Å². The summed E-state index contributed by atoms with van der Waals surface area (Å²) < 4.78 is 15.1. The van der Waals surface area contributed by atoms with Crippen molar-refractivity contribution >= 4 is 11.8 Å². The van der Waals surface area contributed by atoms with E-state index >= 15 is 0 Å². The Morgan fingerprint density at radius 1 is 1.40 bits per heavy atom. The topological polar surface area (TPSA) is 43.8 Å². The maximum atomic E-state index is 13.1. The van der Waals surface area contributed by atoms with Crippen molar-refractivity contribution < 1.29 is 4.39 Å². The lowest BCUT2D eigenvalue weighted by Crippen LogP contribution is -2.26. The number of benzene rings is 1. The molecule has 0 aliphatic heterocycles. The second-order valence-electron chi connectivity index (χ2n) is 4.83. The highest BCUT2D eigenvalue weighted by Gasteiger charge is 2.10. The van der Waals surface area contributed by atoms with Crippen LogP contribution in [-0.2, 0) is 13.0 Å². The molecule has 0 spiro atoms. The zero-order chi connectivity index (χ0) is 14.5. The molecule has 2 N–H and O–H groups in total. The zero-order valence-corrected chi connectivity index (χ0v) is 12.7. The molecular weight excluding hydrogens is 273 g/mol. The molecule has 20 heavy (non-hydrogen) atoms. The summed E-state index contributed by atoms with van der Waals surface area (Å²) in [6, 6.07) is 8.73. The molecule has 0 amide bonds. The van der Waals surface area contributed by atoms with Crippen LogP contribution >= 0.6 is 11.8 Å². The van der Waals surface area contributed by atoms with Gasteiger partial charge < -0.3 is 5.73 Å².